The van der Waals surface area contributed by atoms with Gasteiger partial charge >= 0.3 is 6.18 Å². The van der Waals surface area contributed by atoms with E-state index >= 15 is 0 Å². The van der Waals surface area contributed by atoms with Crippen molar-refractivity contribution in [2.24, 2.45) is 5.92 Å². The van der Waals surface area contributed by atoms with E-state index in [1.165, 1.54) is 29.2 Å². The second-order valence-electron chi connectivity index (χ2n) is 9.21. The van der Waals surface area contributed by atoms with Crippen LogP contribution >= 0.6 is 12.2 Å². The van der Waals surface area contributed by atoms with Gasteiger partial charge in [0.2, 0.25) is 11.8 Å². The lowest BCUT2D eigenvalue weighted by atomic mass is 10.0. The number of nitrogens with zero attached hydrogens (tertiary/aromatic N) is 3. The van der Waals surface area contributed by atoms with Crippen LogP contribution in [-0.2, 0) is 22.2 Å². The fourth-order valence-corrected chi connectivity index (χ4v) is 4.17. The van der Waals surface area contributed by atoms with E-state index in [4.69, 9.17) is 17.5 Å². The van der Waals surface area contributed by atoms with Gasteiger partial charge < -0.3 is 15.3 Å². The number of thiocarbonyl (C=S) groups is 1. The van der Waals surface area contributed by atoms with Gasteiger partial charge in [0.25, 0.3) is 0 Å². The Morgan fingerprint density at radius 2 is 1.92 bits per heavy atom. The number of halogens is 4. The third-order valence-electron chi connectivity index (χ3n) is 5.96. The summed E-state index contributed by atoms with van der Waals surface area (Å²) in [6, 6.07) is 8.47. The van der Waals surface area contributed by atoms with Crippen LogP contribution < -0.4 is 10.2 Å². The van der Waals surface area contributed by atoms with Gasteiger partial charge in [0.15, 0.2) is 5.11 Å². The Hall–Kier alpha value is -3.56. The topological polar surface area (TPSA) is 96.7 Å². The molecule has 38 heavy (non-hydrogen) atoms. The molecule has 1 saturated heterocycles. The normalized spacial score (nSPS) is 13.6. The molecule has 1 aliphatic heterocycles. The number of β-amino-alcohol motifs (C(OH)–C–C–N with tert-alkyl or cyclic N) is 1. The van der Waals surface area contributed by atoms with Crippen molar-refractivity contribution in [2.75, 3.05) is 23.3 Å². The molecule has 1 aliphatic rings. The second kappa shape index (κ2) is 11.9. The Kier molecular flexibility index (Phi) is 9.06. The Balaban J connectivity index is 1.75. The van der Waals surface area contributed by atoms with E-state index in [0.717, 1.165) is 17.0 Å². The molecule has 12 heteroatoms. The minimum absolute atomic E-state index is 0.106. The average Bonchev–Trinajstić information content (AvgIpc) is 2.82. The first-order valence-corrected chi connectivity index (χ1v) is 12.2. The van der Waals surface area contributed by atoms with Crippen LogP contribution in [0.2, 0.25) is 0 Å². The third-order valence-corrected chi connectivity index (χ3v) is 6.25. The first kappa shape index (κ1) is 29.0. The molecule has 0 bridgehead atoms. The van der Waals surface area contributed by atoms with Crippen LogP contribution in [0.15, 0.2) is 36.4 Å². The highest BCUT2D eigenvalue weighted by atomic mass is 32.1. The summed E-state index contributed by atoms with van der Waals surface area (Å²) in [6.45, 7) is 3.72. The predicted molar refractivity (Wildman–Crippen MR) is 137 cm³/mol. The molecule has 0 unspecified atom stereocenters. The number of alkyl halides is 3. The van der Waals surface area contributed by atoms with Gasteiger partial charge in [0.05, 0.1) is 29.0 Å². The monoisotopic (exact) mass is 550 g/mol. The zero-order chi connectivity index (χ0) is 28.2. The largest absolute Gasteiger partial charge is 0.417 e. The molecule has 0 atom stereocenters. The molecule has 2 N–H and O–H groups in total. The fourth-order valence-electron chi connectivity index (χ4n) is 3.86. The second-order valence-corrected chi connectivity index (χ2v) is 9.60. The highest BCUT2D eigenvalue weighted by Crippen LogP contribution is 2.35. The fraction of sp³-hybridized carbons (Fsp3) is 0.385. The number of carbonyl (C=O) groups excluding carboxylic acids is 2. The molecular formula is C26H26F4N4O3S. The van der Waals surface area contributed by atoms with Crippen molar-refractivity contribution in [3.63, 3.8) is 0 Å². The summed E-state index contributed by atoms with van der Waals surface area (Å²) in [5.74, 6) is -1.92. The maximum absolute atomic E-state index is 14.7. The standard InChI is InChI=1S/C26H26F4N4O3S/c1-15(2)24(37)34(19-9-7-17(12-31)21(11-19)26(28,29)30)25(38)32-18-8-6-16(22(27)10-18)4-3-5-23(36)33-13-20(35)14-33/h6-11,15,20,35H,3-5,13-14H2,1-2H3,(H,32,38). The van der Waals surface area contributed by atoms with Crippen molar-refractivity contribution in [3.8, 4) is 6.07 Å². The average molecular weight is 551 g/mol. The van der Waals surface area contributed by atoms with E-state index < -0.39 is 41.0 Å². The number of anilines is 2. The Labute approximate surface area is 222 Å². The number of nitrogens with one attached hydrogen (secondary N) is 1. The van der Waals surface area contributed by atoms with Gasteiger partial charge in [-0.2, -0.15) is 18.4 Å². The number of amides is 2. The molecule has 1 fully saturated rings. The minimum atomic E-state index is -4.83. The highest BCUT2D eigenvalue weighted by molar-refractivity contribution is 7.80. The molecule has 0 spiro atoms. The van der Waals surface area contributed by atoms with Crippen LogP contribution in [0.1, 0.15) is 43.4 Å². The van der Waals surface area contributed by atoms with Crippen molar-refractivity contribution in [3.05, 3.63) is 58.9 Å². The number of aryl methyl sites for hydroxylation is 1. The molecule has 3 rings (SSSR count). The molecule has 2 aromatic rings. The lowest BCUT2D eigenvalue weighted by Gasteiger charge is -2.35. The van der Waals surface area contributed by atoms with E-state index in [0.29, 0.717) is 37.6 Å². The van der Waals surface area contributed by atoms with Gasteiger partial charge in [-0.15, -0.1) is 0 Å². The van der Waals surface area contributed by atoms with Gasteiger partial charge in [-0.1, -0.05) is 19.9 Å². The number of nitriles is 1. The van der Waals surface area contributed by atoms with Crippen LogP contribution in [0.4, 0.5) is 28.9 Å². The number of aliphatic hydroxyl groups is 1. The number of hydrogen-bond acceptors (Lipinski definition) is 5. The number of benzene rings is 2. The lowest BCUT2D eigenvalue weighted by molar-refractivity contribution is -0.141. The zero-order valence-electron chi connectivity index (χ0n) is 20.7. The summed E-state index contributed by atoms with van der Waals surface area (Å²) < 4.78 is 55.2. The third kappa shape index (κ3) is 6.85. The molecule has 0 saturated carbocycles. The Morgan fingerprint density at radius 1 is 1.24 bits per heavy atom. The van der Waals surface area contributed by atoms with Crippen LogP contribution in [0.5, 0.6) is 0 Å². The van der Waals surface area contributed by atoms with Gasteiger partial charge in [0, 0.05) is 31.1 Å². The molecule has 2 amide bonds. The Morgan fingerprint density at radius 3 is 2.47 bits per heavy atom. The summed E-state index contributed by atoms with van der Waals surface area (Å²) in [5.41, 5.74) is -1.47. The van der Waals surface area contributed by atoms with E-state index in [9.17, 15) is 32.3 Å². The van der Waals surface area contributed by atoms with Gasteiger partial charge in [0.1, 0.15) is 5.82 Å². The van der Waals surface area contributed by atoms with Crippen LogP contribution in [0.3, 0.4) is 0 Å². The molecule has 202 valence electrons. The van der Waals surface area contributed by atoms with Crippen molar-refractivity contribution in [1.29, 1.82) is 5.26 Å². The quantitative estimate of drug-likeness (QED) is 0.386. The van der Waals surface area contributed by atoms with E-state index in [1.54, 1.807) is 13.8 Å². The number of carbonyl (C=O) groups is 2. The van der Waals surface area contributed by atoms with Crippen molar-refractivity contribution in [1.82, 2.24) is 4.90 Å². The van der Waals surface area contributed by atoms with Crippen molar-refractivity contribution >= 4 is 40.5 Å². The Bertz CT molecular complexity index is 1270. The summed E-state index contributed by atoms with van der Waals surface area (Å²) in [5, 5.41) is 20.8. The van der Waals surface area contributed by atoms with Crippen LogP contribution in [-0.4, -0.2) is 46.1 Å². The minimum Gasteiger partial charge on any atom is -0.389 e. The van der Waals surface area contributed by atoms with E-state index in [1.807, 2.05) is 0 Å². The SMILES string of the molecule is CC(C)C(=O)N(C(=S)Nc1ccc(CCCC(=O)N2CC(O)C2)c(F)c1)c1ccc(C#N)c(C(F)(F)F)c1. The van der Waals surface area contributed by atoms with Crippen LogP contribution in [0.25, 0.3) is 0 Å². The lowest BCUT2D eigenvalue weighted by Crippen LogP contribution is -2.53. The number of rotatable bonds is 7. The molecule has 7 nitrogen and oxygen atoms in total. The molecule has 0 aliphatic carbocycles. The molecule has 2 aromatic carbocycles. The van der Waals surface area contributed by atoms with Gasteiger partial charge in [-0.05, 0) is 61.0 Å². The molecule has 0 radical (unpaired) electrons. The van der Waals surface area contributed by atoms with Crippen LogP contribution in [0, 0.1) is 23.1 Å². The molecule has 1 heterocycles. The maximum atomic E-state index is 14.7. The zero-order valence-corrected chi connectivity index (χ0v) is 21.5. The van der Waals surface area contributed by atoms with Gasteiger partial charge in [-0.3, -0.25) is 14.5 Å². The maximum Gasteiger partial charge on any atom is 0.417 e. The molecular weight excluding hydrogens is 524 g/mol. The molecule has 0 aromatic heterocycles. The summed E-state index contributed by atoms with van der Waals surface area (Å²) in [4.78, 5) is 27.3. The van der Waals surface area contributed by atoms with E-state index in [2.05, 4.69) is 5.32 Å². The summed E-state index contributed by atoms with van der Waals surface area (Å²) >= 11 is 5.32. The first-order valence-electron chi connectivity index (χ1n) is 11.8. The number of likely N-dealkylation sites (tertiary alicyclic amines) is 1. The number of aliphatic hydroxyl groups excluding tert-OH is 1. The van der Waals surface area contributed by atoms with Crippen molar-refractivity contribution < 1.29 is 32.3 Å². The van der Waals surface area contributed by atoms with E-state index in [-0.39, 0.29) is 28.8 Å². The highest BCUT2D eigenvalue weighted by Gasteiger charge is 2.35. The smallest absolute Gasteiger partial charge is 0.389 e. The van der Waals surface area contributed by atoms with Crippen molar-refractivity contribution in [2.45, 2.75) is 45.4 Å². The number of hydrogen-bond donors (Lipinski definition) is 2. The van der Waals surface area contributed by atoms with Gasteiger partial charge in [-0.25, -0.2) is 4.39 Å². The first-order chi connectivity index (χ1) is 17.8. The predicted octanol–water partition coefficient (Wildman–Crippen LogP) is 4.63. The summed E-state index contributed by atoms with van der Waals surface area (Å²) in [6.07, 6.45) is -4.40. The summed E-state index contributed by atoms with van der Waals surface area (Å²) in [7, 11) is 0.